The molecule has 2 aliphatic heterocycles. The van der Waals surface area contributed by atoms with Gasteiger partial charge in [0.1, 0.15) is 5.82 Å². The van der Waals surface area contributed by atoms with E-state index in [1.807, 2.05) is 0 Å². The van der Waals surface area contributed by atoms with Gasteiger partial charge in [0, 0.05) is 31.2 Å². The highest BCUT2D eigenvalue weighted by Crippen LogP contribution is 2.29. The molecular weight excluding hydrogens is 432 g/mol. The number of carbonyl (C=O) groups excluding carboxylic acids is 1. The van der Waals surface area contributed by atoms with Crippen LogP contribution in [0.3, 0.4) is 0 Å². The minimum absolute atomic E-state index is 0.113. The number of fused-ring (bicyclic) bond motifs is 1. The maximum atomic E-state index is 12.5. The Bertz CT molecular complexity index is 847. The lowest BCUT2D eigenvalue weighted by Gasteiger charge is -2.41. The number of hydrogen-bond donors (Lipinski definition) is 4. The number of aliphatic hydroxyl groups is 1. The summed E-state index contributed by atoms with van der Waals surface area (Å²) in [6.07, 6.45) is 10.9. The second-order valence-corrected chi connectivity index (χ2v) is 10.4. The van der Waals surface area contributed by atoms with Gasteiger partial charge in [-0.1, -0.05) is 25.3 Å². The number of piperidine rings is 1. The number of likely N-dealkylation sites (tertiary alicyclic amines) is 1. The summed E-state index contributed by atoms with van der Waals surface area (Å²) in [4.78, 5) is 31.4. The minimum atomic E-state index is -1.39. The monoisotopic (exact) mass is 472 g/mol. The SMILES string of the molecule is O=C(N[C@@H](C(=O)O)C1(O)CCN(CCCCCc2ccc3c(n2)NCCC3)CC1)C1CCCC1. The van der Waals surface area contributed by atoms with Crippen molar-refractivity contribution in [1.82, 2.24) is 15.2 Å². The number of carboxylic acid groups (broad SMARTS) is 1. The normalized spacial score (nSPS) is 21.4. The van der Waals surface area contributed by atoms with Gasteiger partial charge < -0.3 is 25.7 Å². The summed E-state index contributed by atoms with van der Waals surface area (Å²) in [6.45, 7) is 3.26. The number of nitrogens with zero attached hydrogens (tertiary/aromatic N) is 2. The van der Waals surface area contributed by atoms with Crippen LogP contribution in [0.1, 0.15) is 75.5 Å². The lowest BCUT2D eigenvalue weighted by Crippen LogP contribution is -2.61. The van der Waals surface area contributed by atoms with Gasteiger partial charge in [0.25, 0.3) is 0 Å². The van der Waals surface area contributed by atoms with Gasteiger partial charge in [-0.2, -0.15) is 0 Å². The fourth-order valence-electron chi connectivity index (χ4n) is 5.65. The molecular formula is C26H40N4O4. The smallest absolute Gasteiger partial charge is 0.329 e. The quantitative estimate of drug-likeness (QED) is 0.387. The maximum absolute atomic E-state index is 12.5. The number of anilines is 1. The van der Waals surface area contributed by atoms with Crippen molar-refractivity contribution in [1.29, 1.82) is 0 Å². The Morgan fingerprint density at radius 2 is 1.91 bits per heavy atom. The number of aryl methyl sites for hydroxylation is 2. The van der Waals surface area contributed by atoms with Crippen LogP contribution >= 0.6 is 0 Å². The Kier molecular flexibility index (Phi) is 8.42. The predicted molar refractivity (Wildman–Crippen MR) is 131 cm³/mol. The molecule has 3 heterocycles. The molecule has 1 amide bonds. The molecule has 1 aromatic rings. The van der Waals surface area contributed by atoms with Crippen LogP contribution in [0.15, 0.2) is 12.1 Å². The number of aliphatic carboxylic acids is 1. The van der Waals surface area contributed by atoms with Gasteiger partial charge in [0.05, 0.1) is 5.60 Å². The zero-order chi connectivity index (χ0) is 24.0. The fraction of sp³-hybridized carbons (Fsp3) is 0.731. The molecule has 34 heavy (non-hydrogen) atoms. The highest BCUT2D eigenvalue weighted by Gasteiger charge is 2.45. The molecule has 8 heteroatoms. The second kappa shape index (κ2) is 11.5. The Morgan fingerprint density at radius 1 is 1.15 bits per heavy atom. The second-order valence-electron chi connectivity index (χ2n) is 10.4. The van der Waals surface area contributed by atoms with Gasteiger partial charge >= 0.3 is 5.97 Å². The van der Waals surface area contributed by atoms with E-state index in [-0.39, 0.29) is 11.8 Å². The van der Waals surface area contributed by atoms with Crippen LogP contribution in [-0.2, 0) is 22.4 Å². The fourth-order valence-corrected chi connectivity index (χ4v) is 5.65. The van der Waals surface area contributed by atoms with Gasteiger partial charge in [0.15, 0.2) is 6.04 Å². The van der Waals surface area contributed by atoms with Crippen LogP contribution in [0.2, 0.25) is 0 Å². The highest BCUT2D eigenvalue weighted by molar-refractivity contribution is 5.86. The van der Waals surface area contributed by atoms with Gasteiger partial charge in [-0.05, 0) is 76.0 Å². The molecule has 0 aromatic carbocycles. The zero-order valence-corrected chi connectivity index (χ0v) is 20.2. The number of amides is 1. The summed E-state index contributed by atoms with van der Waals surface area (Å²) in [5.41, 5.74) is 1.08. The topological polar surface area (TPSA) is 115 Å². The molecule has 1 aromatic heterocycles. The molecule has 4 N–H and O–H groups in total. The number of unbranched alkanes of at least 4 members (excludes halogenated alkanes) is 2. The number of pyridine rings is 1. The highest BCUT2D eigenvalue weighted by atomic mass is 16.4. The lowest BCUT2D eigenvalue weighted by atomic mass is 9.83. The molecule has 0 bridgehead atoms. The van der Waals surface area contributed by atoms with Crippen molar-refractivity contribution < 1.29 is 19.8 Å². The van der Waals surface area contributed by atoms with E-state index in [4.69, 9.17) is 4.98 Å². The number of hydrogen-bond acceptors (Lipinski definition) is 6. The number of nitrogens with one attached hydrogen (secondary N) is 2. The van der Waals surface area contributed by atoms with Crippen LogP contribution in [-0.4, -0.2) is 69.8 Å². The first-order chi connectivity index (χ1) is 16.4. The van der Waals surface area contributed by atoms with Gasteiger partial charge in [-0.15, -0.1) is 0 Å². The average molecular weight is 473 g/mol. The molecule has 8 nitrogen and oxygen atoms in total. The van der Waals surface area contributed by atoms with Crippen molar-refractivity contribution in [3.8, 4) is 0 Å². The summed E-state index contributed by atoms with van der Waals surface area (Å²) >= 11 is 0. The summed E-state index contributed by atoms with van der Waals surface area (Å²) in [5, 5.41) is 26.9. The van der Waals surface area contributed by atoms with E-state index < -0.39 is 17.6 Å². The van der Waals surface area contributed by atoms with Crippen molar-refractivity contribution in [3.63, 3.8) is 0 Å². The van der Waals surface area contributed by atoms with E-state index in [9.17, 15) is 19.8 Å². The first-order valence-corrected chi connectivity index (χ1v) is 13.2. The largest absolute Gasteiger partial charge is 0.480 e. The Morgan fingerprint density at radius 3 is 2.65 bits per heavy atom. The summed E-state index contributed by atoms with van der Waals surface area (Å²) in [5.74, 6) is -0.416. The van der Waals surface area contributed by atoms with Crippen molar-refractivity contribution in [2.75, 3.05) is 31.5 Å². The molecule has 1 aliphatic carbocycles. The van der Waals surface area contributed by atoms with Gasteiger partial charge in [0.2, 0.25) is 5.91 Å². The van der Waals surface area contributed by atoms with Gasteiger partial charge in [-0.3, -0.25) is 4.79 Å². The number of carboxylic acids is 1. The van der Waals surface area contributed by atoms with E-state index in [0.717, 1.165) is 82.4 Å². The molecule has 1 saturated carbocycles. The first-order valence-electron chi connectivity index (χ1n) is 13.2. The van der Waals surface area contributed by atoms with Crippen molar-refractivity contribution in [3.05, 3.63) is 23.4 Å². The third-order valence-corrected chi connectivity index (χ3v) is 7.88. The Labute approximate surface area is 202 Å². The summed E-state index contributed by atoms with van der Waals surface area (Å²) in [7, 11) is 0. The molecule has 2 fully saturated rings. The summed E-state index contributed by atoms with van der Waals surface area (Å²) in [6, 6.07) is 3.13. The lowest BCUT2D eigenvalue weighted by molar-refractivity contribution is -0.154. The summed E-state index contributed by atoms with van der Waals surface area (Å²) < 4.78 is 0. The van der Waals surface area contributed by atoms with Gasteiger partial charge in [-0.25, -0.2) is 9.78 Å². The number of carbonyl (C=O) groups is 2. The van der Waals surface area contributed by atoms with Crippen LogP contribution in [0.5, 0.6) is 0 Å². The standard InChI is InChI=1S/C26H40N4O4/c31-24(20-7-3-4-8-20)29-22(25(32)33)26(34)13-17-30(18-14-26)16-5-1-2-10-21-12-11-19-9-6-15-27-23(19)28-21/h11-12,20,22,34H,1-10,13-18H2,(H,27,28)(H,29,31)(H,32,33)/t22-/m0/s1. The number of rotatable bonds is 10. The Hall–Kier alpha value is -2.19. The van der Waals surface area contributed by atoms with E-state index in [2.05, 4.69) is 27.7 Å². The van der Waals surface area contributed by atoms with Crippen LogP contribution < -0.4 is 10.6 Å². The molecule has 0 unspecified atom stereocenters. The zero-order valence-electron chi connectivity index (χ0n) is 20.2. The van der Waals surface area contributed by atoms with Crippen molar-refractivity contribution in [2.45, 2.75) is 88.7 Å². The van der Waals surface area contributed by atoms with E-state index >= 15 is 0 Å². The maximum Gasteiger partial charge on any atom is 0.329 e. The van der Waals surface area contributed by atoms with E-state index in [1.165, 1.54) is 12.0 Å². The first kappa shape index (κ1) is 24.9. The van der Waals surface area contributed by atoms with Crippen LogP contribution in [0.25, 0.3) is 0 Å². The molecule has 0 radical (unpaired) electrons. The van der Waals surface area contributed by atoms with E-state index in [1.54, 1.807) is 0 Å². The third kappa shape index (κ3) is 6.27. The van der Waals surface area contributed by atoms with Crippen LogP contribution in [0, 0.1) is 5.92 Å². The van der Waals surface area contributed by atoms with Crippen molar-refractivity contribution >= 4 is 17.7 Å². The van der Waals surface area contributed by atoms with E-state index in [0.29, 0.717) is 25.9 Å². The minimum Gasteiger partial charge on any atom is -0.480 e. The molecule has 0 spiro atoms. The predicted octanol–water partition coefficient (Wildman–Crippen LogP) is 2.74. The average Bonchev–Trinajstić information content (AvgIpc) is 3.38. The number of aromatic nitrogens is 1. The molecule has 188 valence electrons. The molecule has 4 rings (SSSR count). The molecule has 1 saturated heterocycles. The van der Waals surface area contributed by atoms with Crippen LogP contribution in [0.4, 0.5) is 5.82 Å². The third-order valence-electron chi connectivity index (χ3n) is 7.88. The molecule has 1 atom stereocenters. The molecule has 3 aliphatic rings. The Balaban J connectivity index is 1.16. The van der Waals surface area contributed by atoms with Crippen molar-refractivity contribution in [2.24, 2.45) is 5.92 Å².